The van der Waals surface area contributed by atoms with Gasteiger partial charge in [-0.25, -0.2) is 0 Å². The van der Waals surface area contributed by atoms with E-state index in [0.717, 1.165) is 33.7 Å². The van der Waals surface area contributed by atoms with Gasteiger partial charge in [0.05, 0.1) is 6.04 Å². The molecule has 0 radical (unpaired) electrons. The SMILES string of the molecule is NC1C=CC(c2ccc3c(-c4ccccc4)c4ccccc4c(-c4ccccc4)c3c2)=CC1=N[NH2+]c1ccc(-c2ccc(-c3cccnc3)c3ccccc23)cc1. The summed E-state index contributed by atoms with van der Waals surface area (Å²) in [5, 5.41) is 12.3. The molecule has 57 heavy (non-hydrogen) atoms. The topological polar surface area (TPSA) is 67.9 Å². The Hall–Kier alpha value is -7.24. The lowest BCUT2D eigenvalue weighted by Gasteiger charge is -2.19. The number of quaternary nitrogens is 1. The Morgan fingerprint density at radius 2 is 1.02 bits per heavy atom. The van der Waals surface area contributed by atoms with Crippen LogP contribution in [0.3, 0.4) is 0 Å². The average Bonchev–Trinajstić information content (AvgIpc) is 3.28. The summed E-state index contributed by atoms with van der Waals surface area (Å²) in [6.45, 7) is 0. The number of pyridine rings is 1. The maximum Gasteiger partial charge on any atom is 0.155 e. The Labute approximate surface area is 332 Å². The highest BCUT2D eigenvalue weighted by Gasteiger charge is 2.20. The van der Waals surface area contributed by atoms with Crippen LogP contribution in [0.5, 0.6) is 0 Å². The number of fused-ring (bicyclic) bond motifs is 3. The van der Waals surface area contributed by atoms with Crippen LogP contribution in [0.25, 0.3) is 82.4 Å². The molecule has 0 saturated heterocycles. The molecule has 4 nitrogen and oxygen atoms in total. The minimum Gasteiger partial charge on any atom is -0.319 e. The third-order valence-corrected chi connectivity index (χ3v) is 11.1. The first-order chi connectivity index (χ1) is 28.2. The molecule has 0 fully saturated rings. The van der Waals surface area contributed by atoms with Crippen molar-refractivity contribution in [2.24, 2.45) is 10.8 Å². The molecule has 1 aromatic heterocycles. The molecular formula is C53H39N4+. The minimum absolute atomic E-state index is 0.303. The maximum atomic E-state index is 6.64. The van der Waals surface area contributed by atoms with E-state index >= 15 is 0 Å². The molecule has 1 atom stereocenters. The van der Waals surface area contributed by atoms with Crippen molar-refractivity contribution in [2.75, 3.05) is 0 Å². The zero-order valence-electron chi connectivity index (χ0n) is 31.3. The van der Waals surface area contributed by atoms with Crippen LogP contribution in [-0.2, 0) is 0 Å². The number of hydrogen-bond acceptors (Lipinski definition) is 3. The molecule has 1 aliphatic rings. The normalized spacial score (nSPS) is 14.7. The largest absolute Gasteiger partial charge is 0.319 e. The molecule has 9 aromatic rings. The first-order valence-corrected chi connectivity index (χ1v) is 19.4. The van der Waals surface area contributed by atoms with Crippen molar-refractivity contribution in [2.45, 2.75) is 6.04 Å². The Morgan fingerprint density at radius 1 is 0.474 bits per heavy atom. The monoisotopic (exact) mass is 731 g/mol. The highest BCUT2D eigenvalue weighted by molar-refractivity contribution is 6.22. The molecule has 0 saturated carbocycles. The fourth-order valence-electron chi connectivity index (χ4n) is 8.32. The van der Waals surface area contributed by atoms with Gasteiger partial charge in [0.25, 0.3) is 0 Å². The predicted molar refractivity (Wildman–Crippen MR) is 239 cm³/mol. The lowest BCUT2D eigenvalue weighted by atomic mass is 9.84. The summed E-state index contributed by atoms with van der Waals surface area (Å²) < 4.78 is 0. The molecule has 4 heteroatoms. The van der Waals surface area contributed by atoms with Gasteiger partial charge < -0.3 is 5.73 Å². The van der Waals surface area contributed by atoms with Crippen molar-refractivity contribution >= 4 is 49.3 Å². The lowest BCUT2D eigenvalue weighted by molar-refractivity contribution is -0.577. The van der Waals surface area contributed by atoms with Gasteiger partial charge in [-0.1, -0.05) is 157 Å². The molecule has 4 N–H and O–H groups in total. The quantitative estimate of drug-likeness (QED) is 0.0742. The molecule has 0 amide bonds. The van der Waals surface area contributed by atoms with Crippen LogP contribution in [0.2, 0.25) is 0 Å². The highest BCUT2D eigenvalue weighted by atomic mass is 15.3. The van der Waals surface area contributed by atoms with Crippen molar-refractivity contribution in [3.8, 4) is 44.5 Å². The summed E-state index contributed by atoms with van der Waals surface area (Å²) in [5.74, 6) is 0. The maximum absolute atomic E-state index is 6.64. The van der Waals surface area contributed by atoms with Crippen molar-refractivity contribution in [1.82, 2.24) is 4.98 Å². The van der Waals surface area contributed by atoms with Crippen molar-refractivity contribution in [1.29, 1.82) is 0 Å². The second kappa shape index (κ2) is 14.8. The molecule has 0 aliphatic heterocycles. The van der Waals surface area contributed by atoms with Crippen LogP contribution in [-0.4, -0.2) is 16.7 Å². The lowest BCUT2D eigenvalue weighted by Crippen LogP contribution is -2.72. The summed E-state index contributed by atoms with van der Waals surface area (Å²) >= 11 is 0. The Bertz CT molecular complexity index is 3020. The number of aromatic nitrogens is 1. The second-order valence-corrected chi connectivity index (χ2v) is 14.5. The summed E-state index contributed by atoms with van der Waals surface area (Å²) in [5.41, 5.74) is 22.1. The predicted octanol–water partition coefficient (Wildman–Crippen LogP) is 11.7. The smallest absolute Gasteiger partial charge is 0.155 e. The van der Waals surface area contributed by atoms with E-state index in [0.29, 0.717) is 0 Å². The number of allylic oxidation sites excluding steroid dienone is 2. The van der Waals surface area contributed by atoms with Crippen molar-refractivity contribution in [3.63, 3.8) is 0 Å². The molecule has 1 unspecified atom stereocenters. The average molecular weight is 732 g/mol. The van der Waals surface area contributed by atoms with Crippen LogP contribution in [0, 0.1) is 0 Å². The van der Waals surface area contributed by atoms with Gasteiger partial charge >= 0.3 is 0 Å². The first kappa shape index (κ1) is 34.3. The van der Waals surface area contributed by atoms with Crippen molar-refractivity contribution in [3.05, 3.63) is 212 Å². The molecule has 8 aromatic carbocycles. The summed E-state index contributed by atoms with van der Waals surface area (Å²) in [6, 6.07) is 62.5. The van der Waals surface area contributed by atoms with Gasteiger partial charge in [-0.3, -0.25) is 4.98 Å². The van der Waals surface area contributed by atoms with E-state index in [1.165, 1.54) is 65.7 Å². The van der Waals surface area contributed by atoms with Gasteiger partial charge in [0.2, 0.25) is 0 Å². The fraction of sp³-hybridized carbons (Fsp3) is 0.0189. The van der Waals surface area contributed by atoms with E-state index in [4.69, 9.17) is 10.8 Å². The minimum atomic E-state index is -0.303. The van der Waals surface area contributed by atoms with E-state index in [-0.39, 0.29) is 6.04 Å². The summed E-state index contributed by atoms with van der Waals surface area (Å²) in [7, 11) is 0. The van der Waals surface area contributed by atoms with Crippen LogP contribution in [0.15, 0.2) is 212 Å². The van der Waals surface area contributed by atoms with Crippen LogP contribution in [0.4, 0.5) is 5.69 Å². The van der Waals surface area contributed by atoms with E-state index in [1.807, 2.05) is 30.0 Å². The van der Waals surface area contributed by atoms with E-state index < -0.39 is 0 Å². The standard InChI is InChI=1S/C53H38N4/c54-50-30-24-39(33-51(50)57-56-41-25-21-35(22-26-41)42-28-29-43(40-16-11-31-55-34-40)45-18-8-7-17-44(42)45)38-23-27-48-49(32-38)53(37-14-5-2-6-15-37)47-20-10-9-19-46(47)52(48)36-12-3-1-4-13-36/h1-34,50,56H,54H2/p+1. The summed E-state index contributed by atoms with van der Waals surface area (Å²) in [6.07, 6.45) is 10.0. The van der Waals surface area contributed by atoms with Gasteiger partial charge in [0.1, 0.15) is 5.71 Å². The van der Waals surface area contributed by atoms with Gasteiger partial charge in [0.15, 0.2) is 5.69 Å². The van der Waals surface area contributed by atoms with Crippen LogP contribution >= 0.6 is 0 Å². The van der Waals surface area contributed by atoms with Crippen molar-refractivity contribution < 1.29 is 5.43 Å². The highest BCUT2D eigenvalue weighted by Crippen LogP contribution is 2.44. The number of hydrogen-bond donors (Lipinski definition) is 2. The van der Waals surface area contributed by atoms with Crippen LogP contribution < -0.4 is 11.2 Å². The van der Waals surface area contributed by atoms with E-state index in [2.05, 4.69) is 187 Å². The number of nitrogens with two attached hydrogens (primary N) is 2. The number of nitrogens with zero attached hydrogens (tertiary/aromatic N) is 2. The number of benzene rings is 8. The fourth-order valence-corrected chi connectivity index (χ4v) is 8.32. The molecule has 0 spiro atoms. The zero-order chi connectivity index (χ0) is 38.1. The first-order valence-electron chi connectivity index (χ1n) is 19.4. The number of rotatable bonds is 7. The molecule has 270 valence electrons. The second-order valence-electron chi connectivity index (χ2n) is 14.5. The molecule has 1 heterocycles. The third kappa shape index (κ3) is 6.43. The third-order valence-electron chi connectivity index (χ3n) is 11.1. The van der Waals surface area contributed by atoms with Gasteiger partial charge in [-0.2, -0.15) is 5.43 Å². The van der Waals surface area contributed by atoms with Gasteiger partial charge in [0, 0.05) is 30.1 Å². The molecule has 10 rings (SSSR count). The Balaban J connectivity index is 0.996. The Kier molecular flexibility index (Phi) is 8.88. The van der Waals surface area contributed by atoms with E-state index in [1.54, 1.807) is 0 Å². The van der Waals surface area contributed by atoms with Crippen LogP contribution in [0.1, 0.15) is 5.56 Å². The Morgan fingerprint density at radius 3 is 1.65 bits per heavy atom. The van der Waals surface area contributed by atoms with Gasteiger partial charge in [-0.15, -0.1) is 0 Å². The molecular weight excluding hydrogens is 693 g/mol. The van der Waals surface area contributed by atoms with Gasteiger partial charge in [-0.05, 0) is 113 Å². The zero-order valence-corrected chi connectivity index (χ0v) is 31.3. The van der Waals surface area contributed by atoms with E-state index in [9.17, 15) is 0 Å². The molecule has 0 bridgehead atoms. The molecule has 1 aliphatic carbocycles. The summed E-state index contributed by atoms with van der Waals surface area (Å²) in [4.78, 5) is 4.35.